The topological polar surface area (TPSA) is 71.4 Å². The van der Waals surface area contributed by atoms with E-state index in [0.717, 1.165) is 31.9 Å². The number of aromatic nitrogens is 2. The lowest BCUT2D eigenvalue weighted by atomic mass is 10.0. The van der Waals surface area contributed by atoms with Gasteiger partial charge in [0.1, 0.15) is 0 Å². The zero-order valence-electron chi connectivity index (χ0n) is 12.3. The van der Waals surface area contributed by atoms with Gasteiger partial charge in [-0.25, -0.2) is 0 Å². The maximum Gasteiger partial charge on any atom is 0.243 e. The first-order valence-corrected chi connectivity index (χ1v) is 6.95. The molecule has 2 atom stereocenters. The largest absolute Gasteiger partial charge is 0.338 e. The Labute approximate surface area is 114 Å². The van der Waals surface area contributed by atoms with Crippen LogP contribution in [-0.4, -0.2) is 53.7 Å². The van der Waals surface area contributed by atoms with Gasteiger partial charge in [-0.3, -0.25) is 4.90 Å². The lowest BCUT2D eigenvalue weighted by molar-refractivity contribution is 0.108. The maximum absolute atomic E-state index is 6.08. The average molecular weight is 267 g/mol. The second-order valence-corrected chi connectivity index (χ2v) is 5.99. The SMILES string of the molecule is CC(C)C[C@@H](N)c1nc(C2CN(C)CCN2C)no1. The van der Waals surface area contributed by atoms with E-state index in [4.69, 9.17) is 10.3 Å². The molecule has 1 aliphatic heterocycles. The fourth-order valence-electron chi connectivity index (χ4n) is 2.43. The van der Waals surface area contributed by atoms with E-state index in [-0.39, 0.29) is 12.1 Å². The molecule has 0 aromatic carbocycles. The van der Waals surface area contributed by atoms with Crippen molar-refractivity contribution in [2.45, 2.75) is 32.4 Å². The first-order chi connectivity index (χ1) is 8.97. The summed E-state index contributed by atoms with van der Waals surface area (Å²) in [7, 11) is 4.22. The minimum Gasteiger partial charge on any atom is -0.338 e. The Bertz CT molecular complexity index is 405. The molecule has 6 nitrogen and oxygen atoms in total. The van der Waals surface area contributed by atoms with Crippen LogP contribution in [0, 0.1) is 5.92 Å². The van der Waals surface area contributed by atoms with Crippen LogP contribution in [0.25, 0.3) is 0 Å². The normalized spacial score (nSPS) is 24.0. The van der Waals surface area contributed by atoms with E-state index in [1.165, 1.54) is 0 Å². The summed E-state index contributed by atoms with van der Waals surface area (Å²) < 4.78 is 5.33. The molecule has 0 bridgehead atoms. The minimum absolute atomic E-state index is 0.159. The van der Waals surface area contributed by atoms with E-state index < -0.39 is 0 Å². The van der Waals surface area contributed by atoms with Crippen molar-refractivity contribution in [2.24, 2.45) is 11.7 Å². The molecular formula is C13H25N5O. The highest BCUT2D eigenvalue weighted by Gasteiger charge is 2.28. The van der Waals surface area contributed by atoms with Crippen LogP contribution < -0.4 is 5.73 Å². The Hall–Kier alpha value is -0.980. The van der Waals surface area contributed by atoms with Gasteiger partial charge in [0.15, 0.2) is 5.82 Å². The summed E-state index contributed by atoms with van der Waals surface area (Å²) >= 11 is 0. The summed E-state index contributed by atoms with van der Waals surface area (Å²) in [4.78, 5) is 9.05. The van der Waals surface area contributed by atoms with Gasteiger partial charge in [0, 0.05) is 19.6 Å². The molecule has 0 aliphatic carbocycles. The summed E-state index contributed by atoms with van der Waals surface area (Å²) in [5.41, 5.74) is 6.08. The number of hydrogen-bond donors (Lipinski definition) is 1. The molecule has 1 aromatic rings. The van der Waals surface area contributed by atoms with E-state index in [1.807, 2.05) is 0 Å². The Morgan fingerprint density at radius 3 is 2.79 bits per heavy atom. The van der Waals surface area contributed by atoms with E-state index >= 15 is 0 Å². The van der Waals surface area contributed by atoms with E-state index in [9.17, 15) is 0 Å². The van der Waals surface area contributed by atoms with E-state index in [1.54, 1.807) is 0 Å². The molecule has 0 saturated carbocycles. The Balaban J connectivity index is 2.07. The van der Waals surface area contributed by atoms with Gasteiger partial charge in [-0.2, -0.15) is 4.98 Å². The third-order valence-corrected chi connectivity index (χ3v) is 3.65. The van der Waals surface area contributed by atoms with Crippen LogP contribution in [0.4, 0.5) is 0 Å². The Morgan fingerprint density at radius 1 is 1.37 bits per heavy atom. The van der Waals surface area contributed by atoms with Crippen LogP contribution in [0.1, 0.15) is 44.1 Å². The van der Waals surface area contributed by atoms with E-state index in [0.29, 0.717) is 11.8 Å². The van der Waals surface area contributed by atoms with Crippen molar-refractivity contribution in [3.8, 4) is 0 Å². The third-order valence-electron chi connectivity index (χ3n) is 3.65. The summed E-state index contributed by atoms with van der Waals surface area (Å²) in [6, 6.07) is 0.0374. The van der Waals surface area contributed by atoms with Crippen molar-refractivity contribution in [3.63, 3.8) is 0 Å². The molecule has 2 rings (SSSR count). The Morgan fingerprint density at radius 2 is 2.11 bits per heavy atom. The lowest BCUT2D eigenvalue weighted by Gasteiger charge is -2.35. The van der Waals surface area contributed by atoms with Crippen LogP contribution in [0.3, 0.4) is 0 Å². The highest BCUT2D eigenvalue weighted by atomic mass is 16.5. The summed E-state index contributed by atoms with van der Waals surface area (Å²) in [5.74, 6) is 1.84. The van der Waals surface area contributed by atoms with Crippen LogP contribution >= 0.6 is 0 Å². The molecule has 0 amide bonds. The molecule has 6 heteroatoms. The van der Waals surface area contributed by atoms with Crippen molar-refractivity contribution >= 4 is 0 Å². The Kier molecular flexibility index (Phi) is 4.54. The first kappa shape index (κ1) is 14.4. The van der Waals surface area contributed by atoms with Gasteiger partial charge < -0.3 is 15.2 Å². The summed E-state index contributed by atoms with van der Waals surface area (Å²) in [6.45, 7) is 7.30. The standard InChI is InChI=1S/C13H25N5O/c1-9(2)7-10(14)13-15-12(16-19-13)11-8-17(3)5-6-18(11)4/h9-11H,5-8,14H2,1-4H3/t10-,11?/m1/s1. The average Bonchev–Trinajstić information content (AvgIpc) is 2.80. The highest BCUT2D eigenvalue weighted by molar-refractivity contribution is 5.00. The van der Waals surface area contributed by atoms with Crippen molar-refractivity contribution in [3.05, 3.63) is 11.7 Å². The molecule has 1 unspecified atom stereocenters. The molecule has 1 aromatic heterocycles. The van der Waals surface area contributed by atoms with Crippen LogP contribution in [-0.2, 0) is 0 Å². The van der Waals surface area contributed by atoms with E-state index in [2.05, 4.69) is 47.9 Å². The highest BCUT2D eigenvalue weighted by Crippen LogP contribution is 2.23. The van der Waals surface area contributed by atoms with Crippen LogP contribution in [0.5, 0.6) is 0 Å². The molecule has 2 heterocycles. The fraction of sp³-hybridized carbons (Fsp3) is 0.846. The lowest BCUT2D eigenvalue weighted by Crippen LogP contribution is -2.45. The van der Waals surface area contributed by atoms with Gasteiger partial charge in [0.25, 0.3) is 0 Å². The number of nitrogens with zero attached hydrogens (tertiary/aromatic N) is 4. The predicted molar refractivity (Wildman–Crippen MR) is 73.5 cm³/mol. The molecule has 0 radical (unpaired) electrons. The van der Waals surface area contributed by atoms with Gasteiger partial charge in [0.2, 0.25) is 5.89 Å². The van der Waals surface area contributed by atoms with Gasteiger partial charge in [-0.05, 0) is 26.4 Å². The molecular weight excluding hydrogens is 242 g/mol. The monoisotopic (exact) mass is 267 g/mol. The van der Waals surface area contributed by atoms with Gasteiger partial charge in [-0.1, -0.05) is 19.0 Å². The number of rotatable bonds is 4. The zero-order valence-corrected chi connectivity index (χ0v) is 12.3. The van der Waals surface area contributed by atoms with Gasteiger partial charge in [0.05, 0.1) is 12.1 Å². The molecule has 1 saturated heterocycles. The number of likely N-dealkylation sites (N-methyl/N-ethyl adjacent to an activating group) is 2. The zero-order chi connectivity index (χ0) is 14.0. The second-order valence-electron chi connectivity index (χ2n) is 5.99. The number of hydrogen-bond acceptors (Lipinski definition) is 6. The maximum atomic E-state index is 6.08. The molecule has 1 aliphatic rings. The predicted octanol–water partition coefficient (Wildman–Crippen LogP) is 1.03. The molecule has 19 heavy (non-hydrogen) atoms. The third kappa shape index (κ3) is 3.52. The molecule has 2 N–H and O–H groups in total. The fourth-order valence-corrected chi connectivity index (χ4v) is 2.43. The van der Waals surface area contributed by atoms with Crippen molar-refractivity contribution < 1.29 is 4.52 Å². The summed E-state index contributed by atoms with van der Waals surface area (Å²) in [6.07, 6.45) is 0.863. The number of nitrogens with two attached hydrogens (primary N) is 1. The molecule has 108 valence electrons. The van der Waals surface area contributed by atoms with Crippen molar-refractivity contribution in [1.82, 2.24) is 19.9 Å². The first-order valence-electron chi connectivity index (χ1n) is 6.95. The van der Waals surface area contributed by atoms with Crippen molar-refractivity contribution in [1.29, 1.82) is 0 Å². The quantitative estimate of drug-likeness (QED) is 0.878. The molecule has 0 spiro atoms. The summed E-state index contributed by atoms with van der Waals surface area (Å²) in [5, 5.41) is 4.12. The molecule has 1 fully saturated rings. The second kappa shape index (κ2) is 5.98. The number of piperazine rings is 1. The van der Waals surface area contributed by atoms with Gasteiger partial charge >= 0.3 is 0 Å². The van der Waals surface area contributed by atoms with Crippen molar-refractivity contribution in [2.75, 3.05) is 33.7 Å². The smallest absolute Gasteiger partial charge is 0.243 e. The van der Waals surface area contributed by atoms with Crippen LogP contribution in [0.2, 0.25) is 0 Å². The van der Waals surface area contributed by atoms with Crippen LogP contribution in [0.15, 0.2) is 4.52 Å². The minimum atomic E-state index is -0.159. The van der Waals surface area contributed by atoms with Gasteiger partial charge in [-0.15, -0.1) is 0 Å².